The third-order valence-corrected chi connectivity index (χ3v) is 12.6. The average Bonchev–Trinajstić information content (AvgIpc) is 3.33. The van der Waals surface area contributed by atoms with E-state index in [-0.39, 0.29) is 51.0 Å². The maximum absolute atomic E-state index is 4.25. The number of halogens is 2. The van der Waals surface area contributed by atoms with Crippen molar-refractivity contribution in [3.8, 4) is 22.3 Å². The van der Waals surface area contributed by atoms with Crippen molar-refractivity contribution in [2.24, 2.45) is 0 Å². The Morgan fingerprint density at radius 2 is 0.853 bits per heavy atom. The first-order valence-electron chi connectivity index (χ1n) is 11.2. The smallest absolute Gasteiger partial charge is 1.00 e. The first-order chi connectivity index (χ1) is 15.2. The molecule has 0 N–H and O–H groups in total. The third kappa shape index (κ3) is 3.84. The molecule has 0 amide bonds. The van der Waals surface area contributed by atoms with Crippen LogP contribution in [0.2, 0.25) is 12.6 Å². The molecular weight excluding hydrogens is 551 g/mol. The van der Waals surface area contributed by atoms with E-state index in [1.165, 1.54) is 44.5 Å². The van der Waals surface area contributed by atoms with Crippen LogP contribution >= 0.6 is 0 Å². The molecule has 6 rings (SSSR count). The van der Waals surface area contributed by atoms with E-state index < -0.39 is 8.07 Å². The second-order valence-corrected chi connectivity index (χ2v) is 13.8. The van der Waals surface area contributed by atoms with Gasteiger partial charge in [-0.05, 0) is 50.6 Å². The average molecular weight is 577 g/mol. The largest absolute Gasteiger partial charge is 2.00 e. The number of rotatable bonds is 4. The van der Waals surface area contributed by atoms with E-state index in [4.69, 9.17) is 0 Å². The van der Waals surface area contributed by atoms with Crippen LogP contribution < -0.4 is 24.8 Å². The molecule has 2 aliphatic rings. The summed E-state index contributed by atoms with van der Waals surface area (Å²) in [6, 6.07) is 37.5. The summed E-state index contributed by atoms with van der Waals surface area (Å²) < 4.78 is 0. The molecule has 0 aromatic heterocycles. The van der Waals surface area contributed by atoms with Gasteiger partial charge in [0.1, 0.15) is 0 Å². The summed E-state index contributed by atoms with van der Waals surface area (Å²) in [6.45, 7) is 6.87. The quantitative estimate of drug-likeness (QED) is 0.258. The number of benzene rings is 4. The summed E-state index contributed by atoms with van der Waals surface area (Å²) in [5, 5.41) is 0. The molecule has 0 saturated carbocycles. The van der Waals surface area contributed by atoms with Gasteiger partial charge in [0.15, 0.2) is 0 Å². The van der Waals surface area contributed by atoms with Crippen molar-refractivity contribution in [1.82, 2.24) is 0 Å². The molecule has 0 fully saturated rings. The molecule has 4 aromatic rings. The van der Waals surface area contributed by atoms with E-state index in [2.05, 4.69) is 116 Å². The van der Waals surface area contributed by atoms with Crippen LogP contribution in [-0.2, 0) is 26.2 Å². The van der Waals surface area contributed by atoms with Gasteiger partial charge in [-0.3, -0.25) is 0 Å². The summed E-state index contributed by atoms with van der Waals surface area (Å²) in [4.78, 5) is 0. The monoisotopic (exact) mass is 574 g/mol. The Labute approximate surface area is 235 Å². The maximum Gasteiger partial charge on any atom is 2.00 e. The van der Waals surface area contributed by atoms with Gasteiger partial charge in [0.2, 0.25) is 0 Å². The summed E-state index contributed by atoms with van der Waals surface area (Å²) in [6.07, 6.45) is 2.19. The second kappa shape index (κ2) is 10.5. The molecule has 0 spiro atoms. The maximum atomic E-state index is 4.25. The van der Waals surface area contributed by atoms with Crippen LogP contribution in [0.5, 0.6) is 0 Å². The fourth-order valence-electron chi connectivity index (χ4n) is 6.45. The van der Waals surface area contributed by atoms with Crippen molar-refractivity contribution in [3.63, 3.8) is 0 Å². The molecular formula is C30H26Cl2SiZr. The van der Waals surface area contributed by atoms with Crippen molar-refractivity contribution < 1.29 is 51.0 Å². The van der Waals surface area contributed by atoms with Gasteiger partial charge >= 0.3 is 26.2 Å². The first-order valence-corrected chi connectivity index (χ1v) is 14.1. The van der Waals surface area contributed by atoms with Crippen molar-refractivity contribution >= 4 is 8.07 Å². The van der Waals surface area contributed by atoms with Gasteiger partial charge in [0, 0.05) is 11.1 Å². The van der Waals surface area contributed by atoms with Crippen molar-refractivity contribution in [2.45, 2.75) is 23.7 Å². The summed E-state index contributed by atoms with van der Waals surface area (Å²) in [7, 11) is -2.01. The molecule has 0 saturated heterocycles. The van der Waals surface area contributed by atoms with Crippen molar-refractivity contribution in [1.29, 1.82) is 0 Å². The minimum absolute atomic E-state index is 0. The molecule has 0 aliphatic heterocycles. The Morgan fingerprint density at radius 3 is 1.12 bits per heavy atom. The Hall–Kier alpha value is -1.70. The Morgan fingerprint density at radius 1 is 0.588 bits per heavy atom. The zero-order valence-electron chi connectivity index (χ0n) is 19.1. The van der Waals surface area contributed by atoms with E-state index >= 15 is 0 Å². The predicted octanol–water partition coefficient (Wildman–Crippen LogP) is 1.96. The molecule has 34 heavy (non-hydrogen) atoms. The van der Waals surface area contributed by atoms with Crippen molar-refractivity contribution in [2.75, 3.05) is 0 Å². The Kier molecular flexibility index (Phi) is 8.31. The number of hydrogen-bond acceptors (Lipinski definition) is 0. The summed E-state index contributed by atoms with van der Waals surface area (Å²) in [5.41, 5.74) is 12.7. The van der Waals surface area contributed by atoms with E-state index in [0.29, 0.717) is 11.1 Å². The molecule has 2 aliphatic carbocycles. The van der Waals surface area contributed by atoms with E-state index in [1.54, 1.807) is 0 Å². The van der Waals surface area contributed by atoms with E-state index in [1.807, 2.05) is 0 Å². The first kappa shape index (κ1) is 26.9. The fraction of sp³-hybridized carbons (Fsp3) is 0.133. The van der Waals surface area contributed by atoms with Gasteiger partial charge in [-0.2, -0.15) is 0 Å². The normalized spacial score (nSPS) is 13.3. The SMILES string of the molecule is C=CC[Si](C)(C1c2ccccc2-c2ccccc21)C1c2ccccc2-c2ccccc21.[Cl-].[Cl-].[Zr+2]. The molecule has 0 heterocycles. The van der Waals surface area contributed by atoms with Crippen LogP contribution in [0.4, 0.5) is 0 Å². The molecule has 0 atom stereocenters. The predicted molar refractivity (Wildman–Crippen MR) is 134 cm³/mol. The van der Waals surface area contributed by atoms with Crippen LogP contribution in [0.25, 0.3) is 22.3 Å². The zero-order valence-corrected chi connectivity index (χ0v) is 24.1. The zero-order chi connectivity index (χ0) is 21.0. The van der Waals surface area contributed by atoms with Gasteiger partial charge in [-0.25, -0.2) is 0 Å². The minimum atomic E-state index is -2.01. The molecule has 0 nitrogen and oxygen atoms in total. The molecule has 4 heteroatoms. The van der Waals surface area contributed by atoms with Crippen LogP contribution in [0, 0.1) is 0 Å². The molecule has 0 unspecified atom stereocenters. The molecule has 4 aromatic carbocycles. The summed E-state index contributed by atoms with van der Waals surface area (Å²) in [5.74, 6) is 0. The summed E-state index contributed by atoms with van der Waals surface area (Å²) >= 11 is 0. The van der Waals surface area contributed by atoms with Crippen molar-refractivity contribution in [3.05, 3.63) is 132 Å². The Bertz CT molecular complexity index is 1150. The molecule has 0 bridgehead atoms. The number of fused-ring (bicyclic) bond motifs is 6. The molecule has 168 valence electrons. The van der Waals surface area contributed by atoms with Crippen LogP contribution in [0.3, 0.4) is 0 Å². The van der Waals surface area contributed by atoms with Gasteiger partial charge in [-0.15, -0.1) is 6.58 Å². The van der Waals surface area contributed by atoms with Gasteiger partial charge in [0.05, 0.1) is 8.07 Å². The van der Waals surface area contributed by atoms with Crippen LogP contribution in [-0.4, -0.2) is 8.07 Å². The van der Waals surface area contributed by atoms with Crippen LogP contribution in [0.1, 0.15) is 33.3 Å². The number of hydrogen-bond donors (Lipinski definition) is 0. The van der Waals surface area contributed by atoms with Gasteiger partial charge in [0.25, 0.3) is 0 Å². The second-order valence-electron chi connectivity index (χ2n) is 9.21. The standard InChI is InChI=1S/C30H26Si.2ClH.Zr/c1-3-20-31(2,29-25-16-8-4-12-21(25)22-13-5-9-17-26(22)29)30-27-18-10-6-14-23(27)24-15-7-11-19-28(24)30;;;/h3-19,29-30H,1,20H2,2H3;2*1H;/q;;;+2/p-2. The van der Waals surface area contributed by atoms with E-state index in [9.17, 15) is 0 Å². The number of allylic oxidation sites excluding steroid dienone is 1. The Balaban J connectivity index is 0.00000108. The van der Waals surface area contributed by atoms with Crippen LogP contribution in [0.15, 0.2) is 110 Å². The molecule has 0 radical (unpaired) electrons. The third-order valence-electron chi connectivity index (χ3n) is 7.57. The van der Waals surface area contributed by atoms with Gasteiger partial charge < -0.3 is 24.8 Å². The fourth-order valence-corrected chi connectivity index (χ4v) is 11.7. The van der Waals surface area contributed by atoms with Gasteiger partial charge in [-0.1, -0.05) is 110 Å². The topological polar surface area (TPSA) is 0 Å². The minimum Gasteiger partial charge on any atom is -1.00 e. The van der Waals surface area contributed by atoms with E-state index in [0.717, 1.165) is 6.04 Å².